The molecule has 0 saturated carbocycles. The van der Waals surface area contributed by atoms with Gasteiger partial charge in [-0.15, -0.1) is 0 Å². The first-order valence-electron chi connectivity index (χ1n) is 4.55. The zero-order valence-corrected chi connectivity index (χ0v) is 10.2. The average Bonchev–Trinajstić information content (AvgIpc) is 2.14. The number of aliphatic carboxylic acids is 1. The van der Waals surface area contributed by atoms with Crippen molar-refractivity contribution in [2.45, 2.75) is 6.42 Å². The first-order chi connectivity index (χ1) is 7.88. The van der Waals surface area contributed by atoms with Crippen LogP contribution in [0.15, 0.2) is 30.4 Å². The number of rotatable bonds is 4. The number of carbonyl (C=O) groups is 2. The molecule has 1 rings (SSSR count). The van der Waals surface area contributed by atoms with E-state index in [-0.39, 0.29) is 5.57 Å². The molecule has 1 amide bonds. The fraction of sp³-hybridized carbons (Fsp3) is 0.0909. The maximum absolute atomic E-state index is 11.5. The highest BCUT2D eigenvalue weighted by atomic mass is 35.5. The second-order valence-electron chi connectivity index (χ2n) is 3.29. The molecule has 1 aromatic rings. The van der Waals surface area contributed by atoms with Gasteiger partial charge in [0.05, 0.1) is 6.42 Å². The molecule has 0 aliphatic heterocycles. The Bertz CT molecular complexity index is 465. The van der Waals surface area contributed by atoms with Crippen LogP contribution in [0.1, 0.15) is 6.42 Å². The van der Waals surface area contributed by atoms with Gasteiger partial charge >= 0.3 is 5.97 Å². The van der Waals surface area contributed by atoms with Crippen LogP contribution in [-0.2, 0) is 9.59 Å². The summed E-state index contributed by atoms with van der Waals surface area (Å²) in [5.41, 5.74) is 0.340. The van der Waals surface area contributed by atoms with Gasteiger partial charge < -0.3 is 10.4 Å². The van der Waals surface area contributed by atoms with E-state index in [4.69, 9.17) is 28.3 Å². The van der Waals surface area contributed by atoms with Crippen molar-refractivity contribution in [2.24, 2.45) is 0 Å². The van der Waals surface area contributed by atoms with Crippen molar-refractivity contribution < 1.29 is 14.7 Å². The Balaban J connectivity index is 2.74. The molecule has 0 bridgehead atoms. The lowest BCUT2D eigenvalue weighted by atomic mass is 10.2. The zero-order chi connectivity index (χ0) is 13.0. The monoisotopic (exact) mass is 273 g/mol. The minimum Gasteiger partial charge on any atom is -0.481 e. The van der Waals surface area contributed by atoms with Gasteiger partial charge in [-0.1, -0.05) is 29.8 Å². The van der Waals surface area contributed by atoms with Crippen molar-refractivity contribution >= 4 is 40.8 Å². The van der Waals surface area contributed by atoms with Crippen molar-refractivity contribution in [1.29, 1.82) is 0 Å². The minimum absolute atomic E-state index is 0.0476. The van der Waals surface area contributed by atoms with Crippen LogP contribution in [0.2, 0.25) is 10.0 Å². The van der Waals surface area contributed by atoms with Gasteiger partial charge in [0.15, 0.2) is 0 Å². The van der Waals surface area contributed by atoms with Crippen molar-refractivity contribution in [2.75, 3.05) is 5.32 Å². The average molecular weight is 274 g/mol. The number of nitrogens with one attached hydrogen (secondary N) is 1. The number of amides is 1. The van der Waals surface area contributed by atoms with Crippen LogP contribution in [0.25, 0.3) is 0 Å². The molecular formula is C11H9Cl2NO3. The lowest BCUT2D eigenvalue weighted by molar-refractivity contribution is -0.136. The third-order valence-electron chi connectivity index (χ3n) is 1.81. The number of carboxylic acids is 1. The quantitative estimate of drug-likeness (QED) is 0.829. The Morgan fingerprint density at radius 3 is 2.24 bits per heavy atom. The van der Waals surface area contributed by atoms with E-state index in [1.165, 1.54) is 18.2 Å². The molecule has 6 heteroatoms. The van der Waals surface area contributed by atoms with Crippen LogP contribution in [-0.4, -0.2) is 17.0 Å². The molecule has 1 aromatic carbocycles. The van der Waals surface area contributed by atoms with Crippen LogP contribution < -0.4 is 5.32 Å². The van der Waals surface area contributed by atoms with Gasteiger partial charge in [-0.3, -0.25) is 9.59 Å². The van der Waals surface area contributed by atoms with Gasteiger partial charge in [-0.25, -0.2) is 0 Å². The molecule has 0 fully saturated rings. The second-order valence-corrected chi connectivity index (χ2v) is 4.16. The maximum Gasteiger partial charge on any atom is 0.308 e. The van der Waals surface area contributed by atoms with E-state index in [0.717, 1.165) is 0 Å². The Kier molecular flexibility index (Phi) is 4.54. The molecule has 0 aromatic heterocycles. The van der Waals surface area contributed by atoms with E-state index in [2.05, 4.69) is 11.9 Å². The largest absolute Gasteiger partial charge is 0.481 e. The first kappa shape index (κ1) is 13.5. The smallest absolute Gasteiger partial charge is 0.308 e. The summed E-state index contributed by atoms with van der Waals surface area (Å²) in [4.78, 5) is 21.9. The highest BCUT2D eigenvalue weighted by molar-refractivity contribution is 6.35. The lowest BCUT2D eigenvalue weighted by Crippen LogP contribution is -2.15. The Labute approximate surface area is 108 Å². The van der Waals surface area contributed by atoms with Crippen LogP contribution in [0.3, 0.4) is 0 Å². The Morgan fingerprint density at radius 2 is 1.76 bits per heavy atom. The van der Waals surface area contributed by atoms with E-state index < -0.39 is 18.3 Å². The SMILES string of the molecule is C=C(CC(=O)O)C(=O)Nc1cc(Cl)cc(Cl)c1. The summed E-state index contributed by atoms with van der Waals surface area (Å²) in [6.07, 6.45) is -0.417. The molecule has 0 unspecified atom stereocenters. The third kappa shape index (κ3) is 4.46. The highest BCUT2D eigenvalue weighted by Crippen LogP contribution is 2.22. The van der Waals surface area contributed by atoms with Gasteiger partial charge in [-0.2, -0.15) is 0 Å². The highest BCUT2D eigenvalue weighted by Gasteiger charge is 2.11. The van der Waals surface area contributed by atoms with Gasteiger partial charge in [0.2, 0.25) is 0 Å². The summed E-state index contributed by atoms with van der Waals surface area (Å²) in [5, 5.41) is 11.7. The van der Waals surface area contributed by atoms with Crippen molar-refractivity contribution in [1.82, 2.24) is 0 Å². The molecule has 2 N–H and O–H groups in total. The summed E-state index contributed by atoms with van der Waals surface area (Å²) in [6, 6.07) is 4.52. The van der Waals surface area contributed by atoms with E-state index in [9.17, 15) is 9.59 Å². The van der Waals surface area contributed by atoms with Crippen LogP contribution in [0.4, 0.5) is 5.69 Å². The number of anilines is 1. The van der Waals surface area contributed by atoms with Crippen LogP contribution in [0.5, 0.6) is 0 Å². The van der Waals surface area contributed by atoms with Gasteiger partial charge in [0.25, 0.3) is 5.91 Å². The number of hydrogen-bond donors (Lipinski definition) is 2. The van der Waals surface area contributed by atoms with Crippen LogP contribution >= 0.6 is 23.2 Å². The number of carboxylic acid groups (broad SMARTS) is 1. The van der Waals surface area contributed by atoms with Gasteiger partial charge in [-0.05, 0) is 18.2 Å². The Hall–Kier alpha value is -1.52. The van der Waals surface area contributed by atoms with Gasteiger partial charge in [0, 0.05) is 21.3 Å². The molecule has 0 saturated heterocycles. The molecule has 0 aliphatic carbocycles. The summed E-state index contributed by atoms with van der Waals surface area (Å²) in [5.74, 6) is -1.69. The lowest BCUT2D eigenvalue weighted by Gasteiger charge is -2.07. The molecular weight excluding hydrogens is 265 g/mol. The molecule has 90 valence electrons. The fourth-order valence-electron chi connectivity index (χ4n) is 1.11. The van der Waals surface area contributed by atoms with E-state index in [0.29, 0.717) is 15.7 Å². The summed E-state index contributed by atoms with van der Waals surface area (Å²) >= 11 is 11.5. The predicted molar refractivity (Wildman–Crippen MR) is 66.5 cm³/mol. The second kappa shape index (κ2) is 5.70. The summed E-state index contributed by atoms with van der Waals surface area (Å²) < 4.78 is 0. The van der Waals surface area contributed by atoms with Crippen molar-refractivity contribution in [3.05, 3.63) is 40.4 Å². The molecule has 0 radical (unpaired) electrons. The number of benzene rings is 1. The number of halogens is 2. The van der Waals surface area contributed by atoms with E-state index in [1.54, 1.807) is 0 Å². The van der Waals surface area contributed by atoms with Gasteiger partial charge in [0.1, 0.15) is 0 Å². The molecule has 0 atom stereocenters. The molecule has 0 aliphatic rings. The van der Waals surface area contributed by atoms with E-state index >= 15 is 0 Å². The predicted octanol–water partition coefficient (Wildman–Crippen LogP) is 2.96. The number of hydrogen-bond acceptors (Lipinski definition) is 2. The molecule has 0 spiro atoms. The summed E-state index contributed by atoms with van der Waals surface area (Å²) in [7, 11) is 0. The molecule has 0 heterocycles. The summed E-state index contributed by atoms with van der Waals surface area (Å²) in [6.45, 7) is 3.38. The zero-order valence-electron chi connectivity index (χ0n) is 8.67. The van der Waals surface area contributed by atoms with Crippen LogP contribution in [0, 0.1) is 0 Å². The van der Waals surface area contributed by atoms with Crippen molar-refractivity contribution in [3.63, 3.8) is 0 Å². The normalized spacial score (nSPS) is 9.76. The molecule has 4 nitrogen and oxygen atoms in total. The first-order valence-corrected chi connectivity index (χ1v) is 5.31. The maximum atomic E-state index is 11.5. The Morgan fingerprint density at radius 1 is 1.24 bits per heavy atom. The van der Waals surface area contributed by atoms with Crippen molar-refractivity contribution in [3.8, 4) is 0 Å². The van der Waals surface area contributed by atoms with E-state index in [1.807, 2.05) is 0 Å². The fourth-order valence-corrected chi connectivity index (χ4v) is 1.63. The standard InChI is InChI=1S/C11H9Cl2NO3/c1-6(2-10(15)16)11(17)14-9-4-7(12)3-8(13)5-9/h3-5H,1-2H2,(H,14,17)(H,15,16). The third-order valence-corrected chi connectivity index (χ3v) is 2.24. The minimum atomic E-state index is -1.12. The number of carbonyl (C=O) groups excluding carboxylic acids is 1. The topological polar surface area (TPSA) is 66.4 Å². The molecule has 17 heavy (non-hydrogen) atoms.